The first-order chi connectivity index (χ1) is 15.4. The Morgan fingerprint density at radius 3 is 1.50 bits per heavy atom. The number of rotatable bonds is 4. The van der Waals surface area contributed by atoms with Gasteiger partial charge in [0.15, 0.2) is 0 Å². The monoisotopic (exact) mass is 426 g/mol. The van der Waals surface area contributed by atoms with E-state index in [-0.39, 0.29) is 5.57 Å². The van der Waals surface area contributed by atoms with Crippen LogP contribution in [-0.4, -0.2) is 25.0 Å². The summed E-state index contributed by atoms with van der Waals surface area (Å²) in [5, 5.41) is 0. The van der Waals surface area contributed by atoms with Gasteiger partial charge in [-0.1, -0.05) is 47.5 Å². The van der Waals surface area contributed by atoms with Gasteiger partial charge in [-0.2, -0.15) is 0 Å². The average molecular weight is 426 g/mol. The molecule has 0 saturated carbocycles. The van der Waals surface area contributed by atoms with Crippen molar-refractivity contribution < 1.29 is 19.1 Å². The van der Waals surface area contributed by atoms with E-state index in [1.165, 1.54) is 6.08 Å². The van der Waals surface area contributed by atoms with Crippen molar-refractivity contribution in [1.29, 1.82) is 0 Å². The van der Waals surface area contributed by atoms with Gasteiger partial charge >= 0.3 is 6.03 Å². The highest BCUT2D eigenvalue weighted by atomic mass is 16.5. The predicted octanol–water partition coefficient (Wildman–Crippen LogP) is 4.90. The molecule has 0 aliphatic carbocycles. The fourth-order valence-electron chi connectivity index (χ4n) is 3.44. The lowest BCUT2D eigenvalue weighted by atomic mass is 10.0. The maximum Gasteiger partial charge on any atom is 0.343 e. The van der Waals surface area contributed by atoms with Crippen LogP contribution < -0.4 is 14.5 Å². The minimum absolute atomic E-state index is 0.101. The molecule has 0 spiro atoms. The zero-order valence-electron chi connectivity index (χ0n) is 18.0. The lowest BCUT2D eigenvalue weighted by Gasteiger charge is -2.34. The number of amides is 4. The average Bonchev–Trinajstić information content (AvgIpc) is 2.80. The number of anilines is 2. The summed E-state index contributed by atoms with van der Waals surface area (Å²) in [6, 6.07) is 20.3. The molecule has 32 heavy (non-hydrogen) atoms. The molecule has 4 rings (SSSR count). The van der Waals surface area contributed by atoms with Crippen molar-refractivity contribution in [3.63, 3.8) is 0 Å². The Hall–Kier alpha value is -4.19. The summed E-state index contributed by atoms with van der Waals surface area (Å²) < 4.78 is 5.17. The maximum absolute atomic E-state index is 13.4. The number of methoxy groups -OCH3 is 1. The van der Waals surface area contributed by atoms with Crippen LogP contribution in [0.2, 0.25) is 0 Å². The maximum atomic E-state index is 13.4. The zero-order chi connectivity index (χ0) is 22.8. The second kappa shape index (κ2) is 8.51. The van der Waals surface area contributed by atoms with E-state index in [0.717, 1.165) is 20.9 Å². The van der Waals surface area contributed by atoms with Crippen LogP contribution in [0.5, 0.6) is 5.75 Å². The van der Waals surface area contributed by atoms with E-state index in [0.29, 0.717) is 22.7 Å². The third kappa shape index (κ3) is 3.90. The van der Waals surface area contributed by atoms with Crippen LogP contribution in [0.4, 0.5) is 16.2 Å². The number of hydrogen-bond donors (Lipinski definition) is 0. The van der Waals surface area contributed by atoms with Gasteiger partial charge in [0.25, 0.3) is 11.8 Å². The van der Waals surface area contributed by atoms with Gasteiger partial charge in [0.2, 0.25) is 0 Å². The van der Waals surface area contributed by atoms with E-state index in [1.807, 2.05) is 38.1 Å². The summed E-state index contributed by atoms with van der Waals surface area (Å²) in [6.07, 6.45) is 1.50. The van der Waals surface area contributed by atoms with Crippen LogP contribution in [0.3, 0.4) is 0 Å². The van der Waals surface area contributed by atoms with E-state index in [2.05, 4.69) is 0 Å². The van der Waals surface area contributed by atoms with Crippen molar-refractivity contribution >= 4 is 35.3 Å². The summed E-state index contributed by atoms with van der Waals surface area (Å²) in [6.45, 7) is 3.83. The van der Waals surface area contributed by atoms with Crippen molar-refractivity contribution in [2.24, 2.45) is 0 Å². The molecule has 0 N–H and O–H groups in total. The van der Waals surface area contributed by atoms with Crippen LogP contribution in [0, 0.1) is 13.8 Å². The van der Waals surface area contributed by atoms with Crippen LogP contribution >= 0.6 is 0 Å². The van der Waals surface area contributed by atoms with E-state index < -0.39 is 17.8 Å². The highest BCUT2D eigenvalue weighted by Gasteiger charge is 2.43. The topological polar surface area (TPSA) is 66.9 Å². The minimum Gasteiger partial charge on any atom is -0.497 e. The molecular weight excluding hydrogens is 404 g/mol. The lowest BCUT2D eigenvalue weighted by Crippen LogP contribution is -2.57. The number of aryl methyl sites for hydroxylation is 2. The molecule has 3 aromatic rings. The van der Waals surface area contributed by atoms with E-state index in [1.54, 1.807) is 55.6 Å². The fraction of sp³-hybridized carbons (Fsp3) is 0.115. The largest absolute Gasteiger partial charge is 0.497 e. The summed E-state index contributed by atoms with van der Waals surface area (Å²) in [5.41, 5.74) is 3.32. The second-order valence-electron chi connectivity index (χ2n) is 7.57. The second-order valence-corrected chi connectivity index (χ2v) is 7.57. The van der Waals surface area contributed by atoms with Crippen molar-refractivity contribution in [2.45, 2.75) is 13.8 Å². The van der Waals surface area contributed by atoms with Gasteiger partial charge in [0.05, 0.1) is 18.5 Å². The van der Waals surface area contributed by atoms with Gasteiger partial charge in [0, 0.05) is 0 Å². The number of urea groups is 1. The SMILES string of the molecule is COc1ccc(C=C2C(=O)N(c3ccc(C)cc3)C(=O)N(c3ccc(C)cc3)C2=O)cc1. The highest BCUT2D eigenvalue weighted by Crippen LogP contribution is 2.30. The molecule has 1 saturated heterocycles. The van der Waals surface area contributed by atoms with Crippen molar-refractivity contribution in [3.8, 4) is 5.75 Å². The molecular formula is C26H22N2O4. The summed E-state index contributed by atoms with van der Waals surface area (Å²) in [4.78, 5) is 42.2. The number of benzene rings is 3. The van der Waals surface area contributed by atoms with Crippen LogP contribution in [0.25, 0.3) is 6.08 Å². The molecule has 1 fully saturated rings. The molecule has 4 amide bonds. The van der Waals surface area contributed by atoms with E-state index >= 15 is 0 Å². The normalized spacial score (nSPS) is 14.1. The van der Waals surface area contributed by atoms with Gasteiger partial charge < -0.3 is 4.74 Å². The third-order valence-electron chi connectivity index (χ3n) is 5.26. The van der Waals surface area contributed by atoms with Gasteiger partial charge in [-0.25, -0.2) is 14.6 Å². The summed E-state index contributed by atoms with van der Waals surface area (Å²) >= 11 is 0. The smallest absolute Gasteiger partial charge is 0.343 e. The first-order valence-electron chi connectivity index (χ1n) is 10.1. The first-order valence-corrected chi connectivity index (χ1v) is 10.1. The van der Waals surface area contributed by atoms with Gasteiger partial charge in [0.1, 0.15) is 11.3 Å². The lowest BCUT2D eigenvalue weighted by molar-refractivity contribution is -0.121. The quantitative estimate of drug-likeness (QED) is 0.440. The molecule has 160 valence electrons. The fourth-order valence-corrected chi connectivity index (χ4v) is 3.44. The zero-order valence-corrected chi connectivity index (χ0v) is 18.0. The van der Waals surface area contributed by atoms with Gasteiger partial charge in [-0.3, -0.25) is 9.59 Å². The van der Waals surface area contributed by atoms with E-state index in [4.69, 9.17) is 4.74 Å². The van der Waals surface area contributed by atoms with Crippen molar-refractivity contribution in [1.82, 2.24) is 0 Å². The Labute approximate surface area is 186 Å². The number of barbiturate groups is 1. The highest BCUT2D eigenvalue weighted by molar-refractivity contribution is 6.46. The Morgan fingerprint density at radius 2 is 1.09 bits per heavy atom. The molecule has 3 aromatic carbocycles. The Kier molecular flexibility index (Phi) is 5.60. The molecule has 0 atom stereocenters. The van der Waals surface area contributed by atoms with Gasteiger partial charge in [-0.05, 0) is 61.9 Å². The predicted molar refractivity (Wildman–Crippen MR) is 124 cm³/mol. The molecule has 0 radical (unpaired) electrons. The minimum atomic E-state index is -0.709. The Morgan fingerprint density at radius 1 is 0.656 bits per heavy atom. The van der Waals surface area contributed by atoms with Crippen LogP contribution in [0.15, 0.2) is 78.4 Å². The Balaban J connectivity index is 1.84. The molecule has 6 nitrogen and oxygen atoms in total. The molecule has 1 aliphatic heterocycles. The first kappa shape index (κ1) is 21.1. The van der Waals surface area contributed by atoms with Crippen molar-refractivity contribution in [3.05, 3.63) is 95.1 Å². The van der Waals surface area contributed by atoms with E-state index in [9.17, 15) is 14.4 Å². The van der Waals surface area contributed by atoms with Crippen LogP contribution in [0.1, 0.15) is 16.7 Å². The molecule has 6 heteroatoms. The number of ether oxygens (including phenoxy) is 1. The molecule has 1 aliphatic rings. The van der Waals surface area contributed by atoms with Crippen LogP contribution in [-0.2, 0) is 9.59 Å². The number of imide groups is 2. The number of hydrogen-bond acceptors (Lipinski definition) is 4. The Bertz CT molecular complexity index is 1140. The molecule has 1 heterocycles. The molecule has 0 aromatic heterocycles. The van der Waals surface area contributed by atoms with Gasteiger partial charge in [-0.15, -0.1) is 0 Å². The third-order valence-corrected chi connectivity index (χ3v) is 5.26. The number of carbonyl (C=O) groups is 3. The standard InChI is InChI=1S/C26H22N2O4/c1-17-4-10-20(11-5-17)27-24(29)23(16-19-8-14-22(32-3)15-9-19)25(30)28(26(27)31)21-12-6-18(2)7-13-21/h4-16H,1-3H3. The number of carbonyl (C=O) groups excluding carboxylic acids is 3. The number of nitrogens with zero attached hydrogens (tertiary/aromatic N) is 2. The van der Waals surface area contributed by atoms with Crippen molar-refractivity contribution in [2.75, 3.05) is 16.9 Å². The summed E-state index contributed by atoms with van der Waals surface area (Å²) in [7, 11) is 1.56. The molecule has 0 unspecified atom stereocenters. The molecule has 0 bridgehead atoms. The summed E-state index contributed by atoms with van der Waals surface area (Å²) in [5.74, 6) is -0.669.